The Hall–Kier alpha value is -1.36. The van der Waals surface area contributed by atoms with Gasteiger partial charge in [-0.05, 0) is 6.42 Å². The number of aromatic nitrogens is 2. The summed E-state index contributed by atoms with van der Waals surface area (Å²) in [5.74, 6) is 0.808. The Morgan fingerprint density at radius 1 is 1.57 bits per heavy atom. The van der Waals surface area contributed by atoms with Gasteiger partial charge in [-0.15, -0.1) is 0 Å². The second-order valence-electron chi connectivity index (χ2n) is 3.92. The molecule has 3 rings (SSSR count). The van der Waals surface area contributed by atoms with Crippen LogP contribution in [-0.2, 0) is 0 Å². The molecule has 74 valence electrons. The Balaban J connectivity index is 1.93. The highest BCUT2D eigenvalue weighted by Crippen LogP contribution is 2.26. The molecule has 5 nitrogen and oxygen atoms in total. The molecule has 0 aromatic carbocycles. The SMILES string of the molecule is O=c1cc(N2CC3CC2CN3)nc[nH]1. The maximum atomic E-state index is 11.1. The molecule has 2 aliphatic rings. The zero-order chi connectivity index (χ0) is 9.54. The van der Waals surface area contributed by atoms with Crippen molar-refractivity contribution in [3.05, 3.63) is 22.7 Å². The number of anilines is 1. The van der Waals surface area contributed by atoms with E-state index in [-0.39, 0.29) is 5.56 Å². The fourth-order valence-corrected chi connectivity index (χ4v) is 2.36. The lowest BCUT2D eigenvalue weighted by molar-refractivity contribution is 0.576. The van der Waals surface area contributed by atoms with E-state index in [1.54, 1.807) is 6.07 Å². The van der Waals surface area contributed by atoms with Crippen molar-refractivity contribution >= 4 is 5.82 Å². The van der Waals surface area contributed by atoms with Crippen molar-refractivity contribution in [2.24, 2.45) is 0 Å². The summed E-state index contributed by atoms with van der Waals surface area (Å²) in [6.45, 7) is 1.99. The molecule has 0 amide bonds. The Labute approximate surface area is 81.2 Å². The monoisotopic (exact) mass is 192 g/mol. The minimum atomic E-state index is -0.0780. The normalized spacial score (nSPS) is 29.9. The smallest absolute Gasteiger partial charge is 0.252 e. The van der Waals surface area contributed by atoms with Gasteiger partial charge in [-0.2, -0.15) is 0 Å². The average molecular weight is 192 g/mol. The predicted molar refractivity (Wildman–Crippen MR) is 52.4 cm³/mol. The molecule has 1 aromatic heterocycles. The van der Waals surface area contributed by atoms with Gasteiger partial charge in [0.2, 0.25) is 0 Å². The summed E-state index contributed by atoms with van der Waals surface area (Å²) in [7, 11) is 0. The first-order chi connectivity index (χ1) is 6.83. The van der Waals surface area contributed by atoms with Gasteiger partial charge >= 0.3 is 0 Å². The molecule has 2 unspecified atom stereocenters. The number of rotatable bonds is 1. The molecule has 0 saturated carbocycles. The van der Waals surface area contributed by atoms with Crippen LogP contribution in [0.4, 0.5) is 5.82 Å². The second-order valence-corrected chi connectivity index (χ2v) is 3.92. The van der Waals surface area contributed by atoms with Gasteiger partial charge in [0, 0.05) is 31.2 Å². The van der Waals surface area contributed by atoms with E-state index in [0.29, 0.717) is 12.1 Å². The number of hydrogen-bond donors (Lipinski definition) is 2. The third-order valence-corrected chi connectivity index (χ3v) is 3.01. The average Bonchev–Trinajstić information content (AvgIpc) is 2.78. The fraction of sp³-hybridized carbons (Fsp3) is 0.556. The number of piperazine rings is 1. The summed E-state index contributed by atoms with van der Waals surface area (Å²) < 4.78 is 0. The van der Waals surface area contributed by atoms with Crippen LogP contribution >= 0.6 is 0 Å². The lowest BCUT2D eigenvalue weighted by atomic mass is 10.2. The molecule has 0 aliphatic carbocycles. The number of H-pyrrole nitrogens is 1. The molecule has 1 aromatic rings. The summed E-state index contributed by atoms with van der Waals surface area (Å²) in [5, 5.41) is 3.42. The molecule has 2 N–H and O–H groups in total. The van der Waals surface area contributed by atoms with Crippen molar-refractivity contribution in [1.82, 2.24) is 15.3 Å². The Bertz CT molecular complexity index is 402. The first-order valence-electron chi connectivity index (χ1n) is 4.88. The number of hydrogen-bond acceptors (Lipinski definition) is 4. The van der Waals surface area contributed by atoms with E-state index in [1.807, 2.05) is 0 Å². The van der Waals surface area contributed by atoms with Crippen LogP contribution in [0.5, 0.6) is 0 Å². The fourth-order valence-electron chi connectivity index (χ4n) is 2.36. The van der Waals surface area contributed by atoms with Crippen molar-refractivity contribution in [3.8, 4) is 0 Å². The van der Waals surface area contributed by atoms with Gasteiger partial charge in [-0.3, -0.25) is 4.79 Å². The standard InChI is InChI=1S/C9H12N4O/c14-9-2-8(11-5-12-9)13-4-6-1-7(13)3-10-6/h2,5-7,10H,1,3-4H2,(H,11,12,14). The van der Waals surface area contributed by atoms with Crippen LogP contribution in [0.3, 0.4) is 0 Å². The van der Waals surface area contributed by atoms with Crippen molar-refractivity contribution in [2.45, 2.75) is 18.5 Å². The van der Waals surface area contributed by atoms with Gasteiger partial charge in [0.05, 0.1) is 6.33 Å². The van der Waals surface area contributed by atoms with Gasteiger partial charge < -0.3 is 15.2 Å². The van der Waals surface area contributed by atoms with E-state index < -0.39 is 0 Å². The quantitative estimate of drug-likeness (QED) is 0.619. The van der Waals surface area contributed by atoms with Crippen molar-refractivity contribution in [3.63, 3.8) is 0 Å². The molecule has 5 heteroatoms. The van der Waals surface area contributed by atoms with E-state index in [9.17, 15) is 4.79 Å². The predicted octanol–water partition coefficient (Wildman–Crippen LogP) is -0.680. The van der Waals surface area contributed by atoms with Crippen LogP contribution in [0.25, 0.3) is 0 Å². The van der Waals surface area contributed by atoms with Crippen LogP contribution < -0.4 is 15.8 Å². The van der Waals surface area contributed by atoms with Gasteiger partial charge in [-0.25, -0.2) is 4.98 Å². The van der Waals surface area contributed by atoms with Crippen molar-refractivity contribution in [1.29, 1.82) is 0 Å². The third kappa shape index (κ3) is 1.13. The molecule has 2 aliphatic heterocycles. The minimum absolute atomic E-state index is 0.0780. The number of nitrogens with zero attached hydrogens (tertiary/aromatic N) is 2. The molecule has 2 atom stereocenters. The Kier molecular flexibility index (Phi) is 1.61. The summed E-state index contributed by atoms with van der Waals surface area (Å²) in [6, 6.07) is 2.68. The van der Waals surface area contributed by atoms with Crippen LogP contribution in [0.1, 0.15) is 6.42 Å². The maximum Gasteiger partial charge on any atom is 0.252 e. The van der Waals surface area contributed by atoms with Crippen molar-refractivity contribution < 1.29 is 0 Å². The van der Waals surface area contributed by atoms with Crippen LogP contribution in [0.15, 0.2) is 17.2 Å². The van der Waals surface area contributed by atoms with E-state index in [0.717, 1.165) is 18.9 Å². The Morgan fingerprint density at radius 3 is 3.14 bits per heavy atom. The highest BCUT2D eigenvalue weighted by molar-refractivity contribution is 5.41. The largest absolute Gasteiger partial charge is 0.351 e. The Morgan fingerprint density at radius 2 is 2.50 bits per heavy atom. The first kappa shape index (κ1) is 7.99. The van der Waals surface area contributed by atoms with E-state index in [2.05, 4.69) is 20.2 Å². The highest BCUT2D eigenvalue weighted by Gasteiger charge is 2.38. The molecular weight excluding hydrogens is 180 g/mol. The molecule has 0 radical (unpaired) electrons. The summed E-state index contributed by atoms with van der Waals surface area (Å²) in [5.41, 5.74) is -0.0780. The number of aromatic amines is 1. The van der Waals surface area contributed by atoms with Crippen molar-refractivity contribution in [2.75, 3.05) is 18.0 Å². The van der Waals surface area contributed by atoms with E-state index in [4.69, 9.17) is 0 Å². The molecular formula is C9H12N4O. The minimum Gasteiger partial charge on any atom is -0.351 e. The number of nitrogens with one attached hydrogen (secondary N) is 2. The highest BCUT2D eigenvalue weighted by atomic mass is 16.1. The van der Waals surface area contributed by atoms with Crippen LogP contribution in [-0.4, -0.2) is 35.1 Å². The number of fused-ring (bicyclic) bond motifs is 2. The van der Waals surface area contributed by atoms with Crippen LogP contribution in [0, 0.1) is 0 Å². The molecule has 0 spiro atoms. The summed E-state index contributed by atoms with van der Waals surface area (Å²) in [6.07, 6.45) is 2.64. The molecule has 14 heavy (non-hydrogen) atoms. The second kappa shape index (κ2) is 2.81. The van der Waals surface area contributed by atoms with Gasteiger partial charge in [0.25, 0.3) is 5.56 Å². The van der Waals surface area contributed by atoms with E-state index >= 15 is 0 Å². The lowest BCUT2D eigenvalue weighted by Gasteiger charge is -2.27. The molecule has 2 fully saturated rings. The third-order valence-electron chi connectivity index (χ3n) is 3.01. The van der Waals surface area contributed by atoms with E-state index in [1.165, 1.54) is 12.7 Å². The molecule has 2 bridgehead atoms. The zero-order valence-corrected chi connectivity index (χ0v) is 7.73. The maximum absolute atomic E-state index is 11.1. The molecule has 3 heterocycles. The summed E-state index contributed by atoms with van der Waals surface area (Å²) >= 11 is 0. The molecule has 2 saturated heterocycles. The van der Waals surface area contributed by atoms with Gasteiger partial charge in [0.1, 0.15) is 5.82 Å². The van der Waals surface area contributed by atoms with Crippen LogP contribution in [0.2, 0.25) is 0 Å². The summed E-state index contributed by atoms with van der Waals surface area (Å²) in [4.78, 5) is 20.0. The van der Waals surface area contributed by atoms with Gasteiger partial charge in [0.15, 0.2) is 0 Å². The first-order valence-corrected chi connectivity index (χ1v) is 4.88. The zero-order valence-electron chi connectivity index (χ0n) is 7.73. The lowest BCUT2D eigenvalue weighted by Crippen LogP contribution is -2.44. The topological polar surface area (TPSA) is 61.0 Å². The van der Waals surface area contributed by atoms with Gasteiger partial charge in [-0.1, -0.05) is 0 Å².